The van der Waals surface area contributed by atoms with Crippen LogP contribution in [0.3, 0.4) is 0 Å². The fourth-order valence-electron chi connectivity index (χ4n) is 3.70. The molecular formula is C25H32N2O3. The van der Waals surface area contributed by atoms with Gasteiger partial charge in [-0.05, 0) is 60.4 Å². The van der Waals surface area contributed by atoms with Crippen LogP contribution >= 0.6 is 0 Å². The van der Waals surface area contributed by atoms with Crippen LogP contribution in [-0.4, -0.2) is 33.1 Å². The highest BCUT2D eigenvalue weighted by molar-refractivity contribution is 5.94. The molecule has 160 valence electrons. The number of phenolic OH excluding ortho intramolecular Hbond substituents is 2. The molecule has 0 aromatic heterocycles. The zero-order valence-electron chi connectivity index (χ0n) is 18.1. The van der Waals surface area contributed by atoms with Crippen LogP contribution in [0.1, 0.15) is 73.5 Å². The van der Waals surface area contributed by atoms with Gasteiger partial charge in [0.25, 0.3) is 5.91 Å². The molecule has 0 aliphatic heterocycles. The molecule has 2 fully saturated rings. The van der Waals surface area contributed by atoms with E-state index in [1.54, 1.807) is 6.07 Å². The van der Waals surface area contributed by atoms with E-state index < -0.39 is 0 Å². The molecule has 0 unspecified atom stereocenters. The van der Waals surface area contributed by atoms with Crippen molar-refractivity contribution >= 4 is 5.91 Å². The summed E-state index contributed by atoms with van der Waals surface area (Å²) in [5.74, 6) is -0.0811. The molecule has 2 saturated carbocycles. The number of carbonyl (C=O) groups is 1. The number of carbonyl (C=O) groups excluding carboxylic acids is 1. The van der Waals surface area contributed by atoms with E-state index >= 15 is 0 Å². The van der Waals surface area contributed by atoms with Crippen molar-refractivity contribution in [1.82, 2.24) is 10.2 Å². The maximum absolute atomic E-state index is 12.2. The van der Waals surface area contributed by atoms with Crippen molar-refractivity contribution in [3.63, 3.8) is 0 Å². The van der Waals surface area contributed by atoms with Crippen molar-refractivity contribution in [1.29, 1.82) is 0 Å². The van der Waals surface area contributed by atoms with E-state index in [9.17, 15) is 15.0 Å². The molecule has 0 saturated heterocycles. The van der Waals surface area contributed by atoms with Crippen LogP contribution in [0.15, 0.2) is 36.4 Å². The molecular weight excluding hydrogens is 376 g/mol. The van der Waals surface area contributed by atoms with Crippen LogP contribution in [0.2, 0.25) is 0 Å². The second kappa shape index (κ2) is 7.95. The minimum absolute atomic E-state index is 0.00231. The number of hydrogen-bond donors (Lipinski definition) is 3. The smallest absolute Gasteiger partial charge is 0.251 e. The first-order valence-corrected chi connectivity index (χ1v) is 10.9. The summed E-state index contributed by atoms with van der Waals surface area (Å²) in [6, 6.07) is 12.3. The van der Waals surface area contributed by atoms with Gasteiger partial charge >= 0.3 is 0 Å². The van der Waals surface area contributed by atoms with Crippen molar-refractivity contribution in [2.24, 2.45) is 0 Å². The highest BCUT2D eigenvalue weighted by Gasteiger charge is 2.30. The van der Waals surface area contributed by atoms with Gasteiger partial charge in [-0.25, -0.2) is 0 Å². The minimum Gasteiger partial charge on any atom is -0.504 e. The average Bonchev–Trinajstić information content (AvgIpc) is 3.58. The van der Waals surface area contributed by atoms with Crippen molar-refractivity contribution < 1.29 is 15.0 Å². The summed E-state index contributed by atoms with van der Waals surface area (Å²) in [7, 11) is 0. The van der Waals surface area contributed by atoms with E-state index in [4.69, 9.17) is 0 Å². The molecule has 30 heavy (non-hydrogen) atoms. The van der Waals surface area contributed by atoms with E-state index in [1.165, 1.54) is 0 Å². The Morgan fingerprint density at radius 2 is 1.70 bits per heavy atom. The number of nitrogens with one attached hydrogen (secondary N) is 1. The van der Waals surface area contributed by atoms with Gasteiger partial charge in [-0.2, -0.15) is 0 Å². The van der Waals surface area contributed by atoms with E-state index in [0.29, 0.717) is 24.2 Å². The lowest BCUT2D eigenvalue weighted by Crippen LogP contribution is -2.26. The Morgan fingerprint density at radius 3 is 2.27 bits per heavy atom. The minimum atomic E-state index is -0.110. The van der Waals surface area contributed by atoms with Crippen LogP contribution in [-0.2, 0) is 18.5 Å². The molecule has 3 N–H and O–H groups in total. The van der Waals surface area contributed by atoms with Gasteiger partial charge in [0.2, 0.25) is 0 Å². The first-order valence-electron chi connectivity index (χ1n) is 10.9. The average molecular weight is 409 g/mol. The standard InChI is InChI=1S/C25H32N2O3/c1-25(2,3)19-12-18(23(29)22(28)13-19)15-27(21-10-11-21)14-16-4-6-17(7-5-16)24(30)26-20-8-9-20/h4-7,12-13,20-21,28-29H,8-11,14-15H2,1-3H3,(H,26,30). The Labute approximate surface area is 178 Å². The monoisotopic (exact) mass is 408 g/mol. The van der Waals surface area contributed by atoms with E-state index in [2.05, 4.69) is 31.0 Å². The number of nitrogens with zero attached hydrogens (tertiary/aromatic N) is 1. The summed E-state index contributed by atoms with van der Waals surface area (Å²) in [5, 5.41) is 23.7. The lowest BCUT2D eigenvalue weighted by molar-refractivity contribution is 0.0951. The zero-order chi connectivity index (χ0) is 21.5. The largest absolute Gasteiger partial charge is 0.504 e. The maximum atomic E-state index is 12.2. The number of amides is 1. The van der Waals surface area contributed by atoms with E-state index in [-0.39, 0.29) is 22.8 Å². The Balaban J connectivity index is 1.49. The van der Waals surface area contributed by atoms with Gasteiger partial charge in [0.05, 0.1) is 0 Å². The topological polar surface area (TPSA) is 72.8 Å². The van der Waals surface area contributed by atoms with Crippen LogP contribution in [0.5, 0.6) is 11.5 Å². The van der Waals surface area contributed by atoms with Gasteiger partial charge in [-0.15, -0.1) is 0 Å². The highest BCUT2D eigenvalue weighted by Crippen LogP contribution is 2.38. The molecule has 4 rings (SSSR count). The fraction of sp³-hybridized carbons (Fsp3) is 0.480. The highest BCUT2D eigenvalue weighted by atomic mass is 16.3. The Morgan fingerprint density at radius 1 is 1.03 bits per heavy atom. The zero-order valence-corrected chi connectivity index (χ0v) is 18.1. The van der Waals surface area contributed by atoms with Gasteiger partial charge in [0.15, 0.2) is 11.5 Å². The lowest BCUT2D eigenvalue weighted by atomic mass is 9.85. The first-order chi connectivity index (χ1) is 14.2. The summed E-state index contributed by atoms with van der Waals surface area (Å²) in [5.41, 5.74) is 3.49. The quantitative estimate of drug-likeness (QED) is 0.592. The SMILES string of the molecule is CC(C)(C)c1cc(O)c(O)c(CN(Cc2ccc(C(=O)NC3CC3)cc2)C2CC2)c1. The van der Waals surface area contributed by atoms with Crippen molar-refractivity contribution in [3.8, 4) is 11.5 Å². The maximum Gasteiger partial charge on any atom is 0.251 e. The molecule has 2 aliphatic carbocycles. The van der Waals surface area contributed by atoms with Crippen molar-refractivity contribution in [2.45, 2.75) is 77.0 Å². The molecule has 2 aromatic rings. The number of benzene rings is 2. The number of hydrogen-bond acceptors (Lipinski definition) is 4. The summed E-state index contributed by atoms with van der Waals surface area (Å²) in [6.45, 7) is 7.62. The summed E-state index contributed by atoms with van der Waals surface area (Å²) < 4.78 is 0. The van der Waals surface area contributed by atoms with E-state index in [0.717, 1.165) is 48.9 Å². The number of phenols is 2. The lowest BCUT2D eigenvalue weighted by Gasteiger charge is -2.25. The second-order valence-electron chi connectivity index (χ2n) is 9.83. The van der Waals surface area contributed by atoms with E-state index in [1.807, 2.05) is 30.3 Å². The second-order valence-corrected chi connectivity index (χ2v) is 9.83. The first kappa shape index (κ1) is 20.7. The Bertz CT molecular complexity index is 923. The molecule has 2 aromatic carbocycles. The number of aromatic hydroxyl groups is 2. The third-order valence-electron chi connectivity index (χ3n) is 5.99. The molecule has 2 aliphatic rings. The van der Waals surface area contributed by atoms with Crippen molar-refractivity contribution in [2.75, 3.05) is 0 Å². The Hall–Kier alpha value is -2.53. The summed E-state index contributed by atoms with van der Waals surface area (Å²) >= 11 is 0. The molecule has 5 heteroatoms. The van der Waals surface area contributed by atoms with Gasteiger partial charge in [-0.3, -0.25) is 9.69 Å². The molecule has 0 heterocycles. The molecule has 0 bridgehead atoms. The molecule has 0 atom stereocenters. The normalized spacial score (nSPS) is 16.7. The van der Waals surface area contributed by atoms with Gasteiger partial charge in [0, 0.05) is 36.3 Å². The van der Waals surface area contributed by atoms with Crippen LogP contribution in [0, 0.1) is 0 Å². The molecule has 0 spiro atoms. The molecule has 0 radical (unpaired) electrons. The Kier molecular flexibility index (Phi) is 5.49. The summed E-state index contributed by atoms with van der Waals surface area (Å²) in [6.07, 6.45) is 4.46. The van der Waals surface area contributed by atoms with Crippen molar-refractivity contribution in [3.05, 3.63) is 58.7 Å². The number of rotatable bonds is 7. The third-order valence-corrected chi connectivity index (χ3v) is 5.99. The van der Waals surface area contributed by atoms with Gasteiger partial charge in [0.1, 0.15) is 0 Å². The molecule has 1 amide bonds. The summed E-state index contributed by atoms with van der Waals surface area (Å²) in [4.78, 5) is 14.5. The predicted octanol–water partition coefficient (Wildman–Crippen LogP) is 4.45. The predicted molar refractivity (Wildman–Crippen MR) is 118 cm³/mol. The molecule has 5 nitrogen and oxygen atoms in total. The van der Waals surface area contributed by atoms with Gasteiger partial charge in [-0.1, -0.05) is 39.0 Å². The van der Waals surface area contributed by atoms with Crippen LogP contribution in [0.4, 0.5) is 0 Å². The van der Waals surface area contributed by atoms with Gasteiger partial charge < -0.3 is 15.5 Å². The third kappa shape index (κ3) is 4.96. The van der Waals surface area contributed by atoms with Crippen LogP contribution in [0.25, 0.3) is 0 Å². The fourth-order valence-corrected chi connectivity index (χ4v) is 3.70. The van der Waals surface area contributed by atoms with Crippen LogP contribution < -0.4 is 5.32 Å².